The van der Waals surface area contributed by atoms with E-state index in [0.29, 0.717) is 0 Å². The van der Waals surface area contributed by atoms with E-state index < -0.39 is 11.1 Å². The number of thioether (sulfide) groups is 1. The fraction of sp³-hybridized carbons (Fsp3) is 0.167. The molecule has 110 valence electrons. The van der Waals surface area contributed by atoms with Crippen LogP contribution in [0.15, 0.2) is 29.4 Å². The summed E-state index contributed by atoms with van der Waals surface area (Å²) in [5.74, 6) is -0.933. The number of rotatable bonds is 4. The Morgan fingerprint density at radius 1 is 1.24 bits per heavy atom. The van der Waals surface area contributed by atoms with E-state index in [9.17, 15) is 9.18 Å². The maximum absolute atomic E-state index is 13.5. The van der Waals surface area contributed by atoms with E-state index in [1.54, 1.807) is 19.1 Å². The van der Waals surface area contributed by atoms with E-state index in [-0.39, 0.29) is 28.6 Å². The molecule has 1 amide bonds. The number of para-hydroxylation sites is 1. The Balaban J connectivity index is 2.04. The highest BCUT2D eigenvalue weighted by atomic mass is 32.2. The second kappa shape index (κ2) is 6.35. The van der Waals surface area contributed by atoms with Gasteiger partial charge in [0.25, 0.3) is 0 Å². The van der Waals surface area contributed by atoms with Crippen LogP contribution in [-0.2, 0) is 4.79 Å². The quantitative estimate of drug-likeness (QED) is 0.728. The standard InChI is InChI=1S/C12H13FN6OS/c1-6(21-12-18-10(14)17-11(15)19-12)9(20)16-8-5-3-2-4-7(8)13/h2-6H,1H3,(H,16,20)(H4,14,15,17,18,19)/t6-/m0/s1. The summed E-state index contributed by atoms with van der Waals surface area (Å²) in [6, 6.07) is 5.91. The van der Waals surface area contributed by atoms with Gasteiger partial charge in [0.2, 0.25) is 17.8 Å². The van der Waals surface area contributed by atoms with Crippen molar-refractivity contribution in [2.45, 2.75) is 17.3 Å². The van der Waals surface area contributed by atoms with Crippen molar-refractivity contribution >= 4 is 35.3 Å². The largest absolute Gasteiger partial charge is 0.368 e. The summed E-state index contributed by atoms with van der Waals surface area (Å²) >= 11 is 1.05. The molecule has 5 N–H and O–H groups in total. The van der Waals surface area contributed by atoms with Crippen LogP contribution in [0.1, 0.15) is 6.92 Å². The van der Waals surface area contributed by atoms with Crippen LogP contribution in [0.5, 0.6) is 0 Å². The molecule has 0 saturated heterocycles. The van der Waals surface area contributed by atoms with Crippen LogP contribution in [0, 0.1) is 5.82 Å². The average Bonchev–Trinajstić information content (AvgIpc) is 2.40. The molecule has 2 aromatic rings. The smallest absolute Gasteiger partial charge is 0.237 e. The van der Waals surface area contributed by atoms with Crippen LogP contribution >= 0.6 is 11.8 Å². The van der Waals surface area contributed by atoms with Gasteiger partial charge < -0.3 is 16.8 Å². The number of amides is 1. The molecule has 9 heteroatoms. The fourth-order valence-corrected chi connectivity index (χ4v) is 2.22. The van der Waals surface area contributed by atoms with Crippen molar-refractivity contribution in [2.24, 2.45) is 0 Å². The Bertz CT molecular complexity index is 648. The average molecular weight is 308 g/mol. The second-order valence-corrected chi connectivity index (χ2v) is 5.37. The number of carbonyl (C=O) groups is 1. The van der Waals surface area contributed by atoms with Gasteiger partial charge in [0, 0.05) is 0 Å². The number of nitrogens with two attached hydrogens (primary N) is 2. The normalized spacial score (nSPS) is 11.9. The van der Waals surface area contributed by atoms with Crippen LogP contribution in [0.2, 0.25) is 0 Å². The zero-order chi connectivity index (χ0) is 15.4. The van der Waals surface area contributed by atoms with Crippen molar-refractivity contribution < 1.29 is 9.18 Å². The third-order valence-electron chi connectivity index (χ3n) is 2.43. The Hall–Kier alpha value is -2.42. The van der Waals surface area contributed by atoms with E-state index >= 15 is 0 Å². The number of anilines is 3. The highest BCUT2D eigenvalue weighted by molar-refractivity contribution is 8.00. The van der Waals surface area contributed by atoms with E-state index in [0.717, 1.165) is 11.8 Å². The molecule has 2 rings (SSSR count). The SMILES string of the molecule is C[C@H](Sc1nc(N)nc(N)n1)C(=O)Nc1ccccc1F. The molecule has 0 aliphatic carbocycles. The maximum Gasteiger partial charge on any atom is 0.237 e. The molecule has 0 aliphatic heterocycles. The first-order valence-corrected chi connectivity index (χ1v) is 6.82. The Morgan fingerprint density at radius 2 is 1.86 bits per heavy atom. The minimum Gasteiger partial charge on any atom is -0.368 e. The Labute approximate surface area is 124 Å². The highest BCUT2D eigenvalue weighted by Crippen LogP contribution is 2.22. The first kappa shape index (κ1) is 15.0. The number of nitrogen functional groups attached to an aromatic ring is 2. The molecular weight excluding hydrogens is 295 g/mol. The summed E-state index contributed by atoms with van der Waals surface area (Å²) in [5, 5.41) is 2.16. The van der Waals surface area contributed by atoms with Crippen molar-refractivity contribution in [1.29, 1.82) is 0 Å². The van der Waals surface area contributed by atoms with E-state index in [1.807, 2.05) is 0 Å². The predicted molar refractivity (Wildman–Crippen MR) is 79.0 cm³/mol. The van der Waals surface area contributed by atoms with Crippen molar-refractivity contribution in [2.75, 3.05) is 16.8 Å². The molecule has 0 unspecified atom stereocenters. The first-order chi connectivity index (χ1) is 9.95. The monoisotopic (exact) mass is 308 g/mol. The van der Waals surface area contributed by atoms with E-state index in [1.165, 1.54) is 12.1 Å². The molecule has 7 nitrogen and oxygen atoms in total. The molecule has 0 radical (unpaired) electrons. The van der Waals surface area contributed by atoms with Gasteiger partial charge in [-0.2, -0.15) is 15.0 Å². The maximum atomic E-state index is 13.5. The lowest BCUT2D eigenvalue weighted by Gasteiger charge is -2.11. The zero-order valence-electron chi connectivity index (χ0n) is 11.1. The highest BCUT2D eigenvalue weighted by Gasteiger charge is 2.18. The topological polar surface area (TPSA) is 120 Å². The van der Waals surface area contributed by atoms with Crippen molar-refractivity contribution in [3.63, 3.8) is 0 Å². The molecule has 0 saturated carbocycles. The third-order valence-corrected chi connectivity index (χ3v) is 3.39. The molecular formula is C12H13FN6OS. The van der Waals surface area contributed by atoms with E-state index in [2.05, 4.69) is 20.3 Å². The molecule has 21 heavy (non-hydrogen) atoms. The molecule has 1 aromatic heterocycles. The number of nitrogens with zero attached hydrogens (tertiary/aromatic N) is 3. The summed E-state index contributed by atoms with van der Waals surface area (Å²) < 4.78 is 13.5. The summed E-state index contributed by atoms with van der Waals surface area (Å²) in [6.07, 6.45) is 0. The lowest BCUT2D eigenvalue weighted by atomic mass is 10.3. The van der Waals surface area contributed by atoms with E-state index in [4.69, 9.17) is 11.5 Å². The van der Waals surface area contributed by atoms with Crippen molar-refractivity contribution in [1.82, 2.24) is 15.0 Å². The second-order valence-electron chi connectivity index (χ2n) is 4.06. The van der Waals surface area contributed by atoms with Gasteiger partial charge >= 0.3 is 0 Å². The van der Waals surface area contributed by atoms with Gasteiger partial charge in [0.05, 0.1) is 10.9 Å². The minimum absolute atomic E-state index is 0.0216. The third kappa shape index (κ3) is 4.02. The van der Waals surface area contributed by atoms with Gasteiger partial charge in [-0.3, -0.25) is 4.79 Å². The minimum atomic E-state index is -0.564. The van der Waals surface area contributed by atoms with Crippen molar-refractivity contribution in [3.05, 3.63) is 30.1 Å². The van der Waals surface area contributed by atoms with Crippen LogP contribution in [0.4, 0.5) is 22.0 Å². The van der Waals surface area contributed by atoms with Crippen LogP contribution < -0.4 is 16.8 Å². The summed E-state index contributed by atoms with van der Waals surface area (Å²) in [7, 11) is 0. The molecule has 0 spiro atoms. The lowest BCUT2D eigenvalue weighted by molar-refractivity contribution is -0.115. The Kier molecular flexibility index (Phi) is 4.53. The van der Waals surface area contributed by atoms with Crippen LogP contribution in [-0.4, -0.2) is 26.1 Å². The first-order valence-electron chi connectivity index (χ1n) is 5.95. The number of aromatic nitrogens is 3. The lowest BCUT2D eigenvalue weighted by Crippen LogP contribution is -2.23. The van der Waals surface area contributed by atoms with Gasteiger partial charge in [-0.25, -0.2) is 4.39 Å². The molecule has 0 fully saturated rings. The molecule has 1 atom stereocenters. The molecule has 0 aliphatic rings. The van der Waals surface area contributed by atoms with Crippen molar-refractivity contribution in [3.8, 4) is 0 Å². The number of benzene rings is 1. The number of halogens is 1. The number of hydrogen-bond acceptors (Lipinski definition) is 7. The summed E-state index contributed by atoms with van der Waals surface area (Å²) in [5.41, 5.74) is 11.0. The number of nitrogens with one attached hydrogen (secondary N) is 1. The molecule has 0 bridgehead atoms. The van der Waals surface area contributed by atoms with Gasteiger partial charge in [-0.05, 0) is 19.1 Å². The fourth-order valence-electron chi connectivity index (χ4n) is 1.45. The van der Waals surface area contributed by atoms with Gasteiger partial charge in [0.1, 0.15) is 5.82 Å². The van der Waals surface area contributed by atoms with Crippen LogP contribution in [0.3, 0.4) is 0 Å². The number of carbonyl (C=O) groups excluding carboxylic acids is 1. The Morgan fingerprint density at radius 3 is 2.48 bits per heavy atom. The summed E-state index contributed by atoms with van der Waals surface area (Å²) in [4.78, 5) is 23.4. The molecule has 1 aromatic carbocycles. The summed E-state index contributed by atoms with van der Waals surface area (Å²) in [6.45, 7) is 1.64. The van der Waals surface area contributed by atoms with Gasteiger partial charge in [-0.15, -0.1) is 0 Å². The van der Waals surface area contributed by atoms with Gasteiger partial charge in [0.15, 0.2) is 5.16 Å². The van der Waals surface area contributed by atoms with Crippen LogP contribution in [0.25, 0.3) is 0 Å². The predicted octanol–water partition coefficient (Wildman–Crippen LogP) is 1.29. The number of hydrogen-bond donors (Lipinski definition) is 3. The molecule has 1 heterocycles. The zero-order valence-corrected chi connectivity index (χ0v) is 11.9. The van der Waals surface area contributed by atoms with Gasteiger partial charge in [-0.1, -0.05) is 23.9 Å².